The minimum atomic E-state index is -1.01. The Morgan fingerprint density at radius 1 is 1.32 bits per heavy atom. The van der Waals surface area contributed by atoms with Crippen molar-refractivity contribution in [2.45, 2.75) is 60.4 Å². The Balaban J connectivity index is 1.67. The van der Waals surface area contributed by atoms with Crippen molar-refractivity contribution >= 4 is 5.97 Å². The van der Waals surface area contributed by atoms with Crippen LogP contribution in [0.1, 0.15) is 49.6 Å². The number of carbonyl (C=O) groups is 1. The van der Waals surface area contributed by atoms with E-state index in [-0.39, 0.29) is 12.0 Å². The first-order chi connectivity index (χ1) is 14.7. The second kappa shape index (κ2) is 7.83. The van der Waals surface area contributed by atoms with E-state index in [4.69, 9.17) is 14.4 Å². The number of hydrogen-bond donors (Lipinski definition) is 2. The summed E-state index contributed by atoms with van der Waals surface area (Å²) in [4.78, 5) is 15.5. The molecule has 4 rings (SSSR count). The van der Waals surface area contributed by atoms with E-state index in [1.165, 1.54) is 11.3 Å². The number of carboxylic acids is 1. The third-order valence-electron chi connectivity index (χ3n) is 5.93. The Bertz CT molecular complexity index is 1120. The second-order valence-electron chi connectivity index (χ2n) is 9.04. The molecule has 0 bridgehead atoms. The van der Waals surface area contributed by atoms with Gasteiger partial charge in [0.1, 0.15) is 5.75 Å². The Morgan fingerprint density at radius 3 is 2.68 bits per heavy atom. The first-order valence-corrected chi connectivity index (χ1v) is 10.6. The summed E-state index contributed by atoms with van der Waals surface area (Å²) in [6, 6.07) is 3.75. The van der Waals surface area contributed by atoms with Gasteiger partial charge in [0, 0.05) is 12.0 Å². The molecule has 1 aliphatic rings. The van der Waals surface area contributed by atoms with Crippen molar-refractivity contribution in [3.05, 3.63) is 34.5 Å². The van der Waals surface area contributed by atoms with Crippen LogP contribution in [0.2, 0.25) is 0 Å². The molecule has 2 heterocycles. The van der Waals surface area contributed by atoms with Crippen LogP contribution >= 0.6 is 0 Å². The van der Waals surface area contributed by atoms with Crippen LogP contribution in [0.3, 0.4) is 0 Å². The molecule has 8 heteroatoms. The van der Waals surface area contributed by atoms with Gasteiger partial charge in [-0.25, -0.2) is 4.79 Å². The third kappa shape index (κ3) is 4.06. The zero-order chi connectivity index (χ0) is 22.3. The highest BCUT2D eigenvalue weighted by atomic mass is 16.5. The van der Waals surface area contributed by atoms with Crippen LogP contribution in [0.4, 0.5) is 0 Å². The van der Waals surface area contributed by atoms with Gasteiger partial charge in [0.25, 0.3) is 5.89 Å². The summed E-state index contributed by atoms with van der Waals surface area (Å²) < 4.78 is 13.2. The van der Waals surface area contributed by atoms with E-state index in [9.17, 15) is 4.79 Å². The fourth-order valence-corrected chi connectivity index (χ4v) is 4.39. The topological polar surface area (TPSA) is 105 Å². The van der Waals surface area contributed by atoms with Crippen molar-refractivity contribution in [2.75, 3.05) is 6.61 Å². The predicted molar refractivity (Wildman–Crippen MR) is 114 cm³/mol. The smallest absolute Gasteiger partial charge is 0.341 e. The van der Waals surface area contributed by atoms with Gasteiger partial charge in [-0.3, -0.25) is 0 Å². The monoisotopic (exact) mass is 425 g/mol. The molecule has 8 nitrogen and oxygen atoms in total. The maximum atomic E-state index is 10.8. The summed E-state index contributed by atoms with van der Waals surface area (Å²) in [5.74, 6) is 0.538. The molecule has 2 aromatic heterocycles. The largest absolute Gasteiger partial charge is 0.481 e. The van der Waals surface area contributed by atoms with Gasteiger partial charge < -0.3 is 14.4 Å². The van der Waals surface area contributed by atoms with Crippen LogP contribution < -0.4 is 9.42 Å². The SMILES string of the molecule is CC[n+]1[nH]c(-c2noc(-c3cc(C)c(OCC(=O)O)c(C)c3)n2)c2c1CC(C)(C)CC2. The van der Waals surface area contributed by atoms with Crippen molar-refractivity contribution in [1.29, 1.82) is 0 Å². The molecule has 0 fully saturated rings. The van der Waals surface area contributed by atoms with Crippen LogP contribution in [-0.4, -0.2) is 32.9 Å². The normalized spacial score (nSPS) is 15.0. The van der Waals surface area contributed by atoms with E-state index in [1.54, 1.807) is 0 Å². The lowest BCUT2D eigenvalue weighted by Gasteiger charge is -2.26. The lowest BCUT2D eigenvalue weighted by atomic mass is 9.76. The quantitative estimate of drug-likeness (QED) is 0.584. The molecule has 164 valence electrons. The van der Waals surface area contributed by atoms with Crippen molar-refractivity contribution in [3.8, 4) is 28.7 Å². The highest BCUT2D eigenvalue weighted by Crippen LogP contribution is 2.37. The minimum Gasteiger partial charge on any atom is -0.481 e. The van der Waals surface area contributed by atoms with Crippen LogP contribution in [0, 0.1) is 19.3 Å². The molecular weight excluding hydrogens is 396 g/mol. The molecule has 0 amide bonds. The number of rotatable bonds is 6. The first kappa shape index (κ1) is 21.1. The molecule has 0 unspecified atom stereocenters. The van der Waals surface area contributed by atoms with E-state index >= 15 is 0 Å². The van der Waals surface area contributed by atoms with Gasteiger partial charge in [0.15, 0.2) is 18.8 Å². The van der Waals surface area contributed by atoms with Gasteiger partial charge in [0.05, 0.1) is 5.56 Å². The molecule has 0 spiro atoms. The molecule has 0 saturated carbocycles. The zero-order valence-corrected chi connectivity index (χ0v) is 18.7. The summed E-state index contributed by atoms with van der Waals surface area (Å²) in [6.07, 6.45) is 3.13. The molecule has 3 aromatic rings. The molecule has 2 N–H and O–H groups in total. The predicted octanol–water partition coefficient (Wildman–Crippen LogP) is 3.63. The van der Waals surface area contributed by atoms with Gasteiger partial charge >= 0.3 is 5.97 Å². The number of ether oxygens (including phenoxy) is 1. The third-order valence-corrected chi connectivity index (χ3v) is 5.93. The number of aliphatic carboxylic acids is 1. The highest BCUT2D eigenvalue weighted by molar-refractivity contribution is 5.69. The molecule has 1 aromatic carbocycles. The minimum absolute atomic E-state index is 0.283. The standard InChI is InChI=1S/C23H28N4O4/c1-6-27-17-11-23(4,5)8-7-16(17)19(25-27)21-24-22(31-26-21)15-9-13(2)20(14(3)10-15)30-12-18(28)29/h9-10H,6-8,11-12H2,1-5H3,(H,28,29)/p+1. The molecule has 1 aliphatic carbocycles. The van der Waals surface area contributed by atoms with E-state index in [0.29, 0.717) is 17.5 Å². The van der Waals surface area contributed by atoms with Crippen molar-refractivity contribution in [3.63, 3.8) is 0 Å². The Morgan fingerprint density at radius 2 is 2.03 bits per heavy atom. The summed E-state index contributed by atoms with van der Waals surface area (Å²) >= 11 is 0. The number of aromatic nitrogens is 4. The Hall–Kier alpha value is -3.16. The lowest BCUT2D eigenvalue weighted by molar-refractivity contribution is -0.753. The number of carboxylic acid groups (broad SMARTS) is 1. The Kier molecular flexibility index (Phi) is 5.33. The van der Waals surface area contributed by atoms with E-state index in [2.05, 4.69) is 40.7 Å². The number of hydrogen-bond acceptors (Lipinski definition) is 5. The Labute approximate surface area is 181 Å². The van der Waals surface area contributed by atoms with Crippen LogP contribution in [0.25, 0.3) is 23.0 Å². The average molecular weight is 426 g/mol. The van der Waals surface area contributed by atoms with E-state index in [1.807, 2.05) is 26.0 Å². The van der Waals surface area contributed by atoms with Crippen molar-refractivity contribution in [1.82, 2.24) is 15.2 Å². The molecule has 0 atom stereocenters. The summed E-state index contributed by atoms with van der Waals surface area (Å²) in [5.41, 5.74) is 6.23. The van der Waals surface area contributed by atoms with E-state index < -0.39 is 5.97 Å². The maximum Gasteiger partial charge on any atom is 0.341 e. The van der Waals surface area contributed by atoms with Crippen LogP contribution in [0.15, 0.2) is 16.7 Å². The number of aryl methyl sites for hydroxylation is 3. The maximum absolute atomic E-state index is 10.8. The number of aromatic amines is 1. The van der Waals surface area contributed by atoms with Gasteiger partial charge in [-0.05, 0) is 62.3 Å². The molecule has 0 radical (unpaired) electrons. The van der Waals surface area contributed by atoms with Gasteiger partial charge in [-0.1, -0.05) is 19.0 Å². The highest BCUT2D eigenvalue weighted by Gasteiger charge is 2.36. The summed E-state index contributed by atoms with van der Waals surface area (Å²) in [7, 11) is 0. The summed E-state index contributed by atoms with van der Waals surface area (Å²) in [5, 5.41) is 16.6. The fourth-order valence-electron chi connectivity index (χ4n) is 4.39. The molecular formula is C23H29N4O4+. The first-order valence-electron chi connectivity index (χ1n) is 10.6. The van der Waals surface area contributed by atoms with E-state index in [0.717, 1.165) is 48.2 Å². The average Bonchev–Trinajstić information content (AvgIpc) is 3.30. The number of nitrogens with one attached hydrogen (secondary N) is 1. The lowest BCUT2D eigenvalue weighted by Crippen LogP contribution is -2.41. The molecule has 31 heavy (non-hydrogen) atoms. The van der Waals surface area contributed by atoms with Crippen molar-refractivity contribution < 1.29 is 23.8 Å². The van der Waals surface area contributed by atoms with Gasteiger partial charge in [-0.15, -0.1) is 4.68 Å². The fraction of sp³-hybridized carbons (Fsp3) is 0.478. The van der Waals surface area contributed by atoms with Crippen LogP contribution in [0.5, 0.6) is 5.75 Å². The number of benzene rings is 1. The molecule has 0 saturated heterocycles. The van der Waals surface area contributed by atoms with Gasteiger partial charge in [-0.2, -0.15) is 10.1 Å². The second-order valence-corrected chi connectivity index (χ2v) is 9.04. The van der Waals surface area contributed by atoms with Crippen molar-refractivity contribution in [2.24, 2.45) is 5.41 Å². The number of nitrogens with zero attached hydrogens (tertiary/aromatic N) is 3. The summed E-state index contributed by atoms with van der Waals surface area (Å²) in [6.45, 7) is 11.0. The number of fused-ring (bicyclic) bond motifs is 1. The zero-order valence-electron chi connectivity index (χ0n) is 18.7. The molecule has 0 aliphatic heterocycles. The number of H-pyrrole nitrogens is 1. The van der Waals surface area contributed by atoms with Gasteiger partial charge in [0.2, 0.25) is 11.5 Å². The van der Waals surface area contributed by atoms with Crippen LogP contribution in [-0.2, 0) is 24.2 Å².